The summed E-state index contributed by atoms with van der Waals surface area (Å²) in [6, 6.07) is 15.6. The van der Waals surface area contributed by atoms with Crippen LogP contribution in [0, 0.1) is 0 Å². The summed E-state index contributed by atoms with van der Waals surface area (Å²) in [4.78, 5) is 0. The van der Waals surface area contributed by atoms with Gasteiger partial charge in [-0.25, -0.2) is 0 Å². The van der Waals surface area contributed by atoms with Crippen molar-refractivity contribution >= 4 is 15.9 Å². The molecule has 88 valence electrons. The summed E-state index contributed by atoms with van der Waals surface area (Å²) < 4.78 is 6.70. The number of rotatable bonds is 3. The first kappa shape index (κ1) is 12.1. The molecule has 0 aliphatic rings. The fraction of sp³-hybridized carbons (Fsp3) is 0.143. The maximum Gasteiger partial charge on any atom is 0.128 e. The van der Waals surface area contributed by atoms with Gasteiger partial charge in [0, 0.05) is 10.5 Å². The van der Waals surface area contributed by atoms with Crippen LogP contribution in [0.4, 0.5) is 0 Å². The van der Waals surface area contributed by atoms with E-state index in [2.05, 4.69) is 15.9 Å². The van der Waals surface area contributed by atoms with Crippen LogP contribution in [0.5, 0.6) is 11.5 Å². The zero-order valence-electron chi connectivity index (χ0n) is 9.56. The molecule has 2 aromatic rings. The van der Waals surface area contributed by atoms with Gasteiger partial charge in [0.05, 0.1) is 0 Å². The Balaban J connectivity index is 2.21. The number of halogens is 1. The summed E-state index contributed by atoms with van der Waals surface area (Å²) in [5.41, 5.74) is 6.92. The molecule has 2 nitrogen and oxygen atoms in total. The Hall–Kier alpha value is -1.32. The van der Waals surface area contributed by atoms with E-state index in [-0.39, 0.29) is 6.04 Å². The van der Waals surface area contributed by atoms with Gasteiger partial charge in [-0.05, 0) is 36.8 Å². The maximum atomic E-state index is 5.85. The quantitative estimate of drug-likeness (QED) is 0.917. The fourth-order valence-electron chi connectivity index (χ4n) is 1.57. The summed E-state index contributed by atoms with van der Waals surface area (Å²) in [5, 5.41) is 0. The molecule has 2 rings (SSSR count). The highest BCUT2D eigenvalue weighted by molar-refractivity contribution is 9.10. The number of para-hydroxylation sites is 1. The first-order valence-corrected chi connectivity index (χ1v) is 6.24. The average Bonchev–Trinajstić information content (AvgIpc) is 2.30. The van der Waals surface area contributed by atoms with Crippen molar-refractivity contribution in [2.75, 3.05) is 0 Å². The Morgan fingerprint density at radius 2 is 1.76 bits per heavy atom. The first-order valence-electron chi connectivity index (χ1n) is 5.45. The largest absolute Gasteiger partial charge is 0.457 e. The molecular formula is C14H14BrNO. The van der Waals surface area contributed by atoms with E-state index in [1.54, 1.807) is 0 Å². The minimum Gasteiger partial charge on any atom is -0.457 e. The molecule has 0 unspecified atom stereocenters. The van der Waals surface area contributed by atoms with Crippen LogP contribution in [0.15, 0.2) is 53.0 Å². The van der Waals surface area contributed by atoms with E-state index in [1.807, 2.05) is 55.5 Å². The van der Waals surface area contributed by atoms with Crippen molar-refractivity contribution in [3.05, 3.63) is 58.6 Å². The standard InChI is InChI=1S/C14H14BrNO/c1-10(16)13-8-7-12(9-14(13)15)17-11-5-3-2-4-6-11/h2-10H,16H2,1H3/t10-/m0/s1. The molecule has 0 aliphatic heterocycles. The number of hydrogen-bond donors (Lipinski definition) is 1. The summed E-state index contributed by atoms with van der Waals surface area (Å²) in [7, 11) is 0. The SMILES string of the molecule is C[C@H](N)c1ccc(Oc2ccccc2)cc1Br. The molecule has 0 spiro atoms. The van der Waals surface area contributed by atoms with Crippen LogP contribution in [0.2, 0.25) is 0 Å². The van der Waals surface area contributed by atoms with Crippen LogP contribution < -0.4 is 10.5 Å². The van der Waals surface area contributed by atoms with Gasteiger partial charge in [-0.15, -0.1) is 0 Å². The van der Waals surface area contributed by atoms with Crippen LogP contribution in [-0.4, -0.2) is 0 Å². The molecule has 17 heavy (non-hydrogen) atoms. The molecule has 2 aromatic carbocycles. The second-order valence-electron chi connectivity index (χ2n) is 3.89. The molecule has 0 bridgehead atoms. The van der Waals surface area contributed by atoms with E-state index in [1.165, 1.54) is 0 Å². The van der Waals surface area contributed by atoms with Crippen molar-refractivity contribution in [1.29, 1.82) is 0 Å². The van der Waals surface area contributed by atoms with E-state index in [0.29, 0.717) is 0 Å². The summed E-state index contributed by atoms with van der Waals surface area (Å²) in [6.45, 7) is 1.96. The Morgan fingerprint density at radius 3 is 2.35 bits per heavy atom. The van der Waals surface area contributed by atoms with E-state index in [4.69, 9.17) is 10.5 Å². The molecule has 0 saturated carbocycles. The average molecular weight is 292 g/mol. The summed E-state index contributed by atoms with van der Waals surface area (Å²) in [6.07, 6.45) is 0. The lowest BCUT2D eigenvalue weighted by atomic mass is 10.1. The minimum atomic E-state index is 0.00940. The zero-order valence-corrected chi connectivity index (χ0v) is 11.1. The summed E-state index contributed by atoms with van der Waals surface area (Å²) in [5.74, 6) is 1.63. The second-order valence-corrected chi connectivity index (χ2v) is 4.74. The third-order valence-corrected chi connectivity index (χ3v) is 3.13. The third kappa shape index (κ3) is 3.08. The maximum absolute atomic E-state index is 5.85. The van der Waals surface area contributed by atoms with E-state index in [9.17, 15) is 0 Å². The van der Waals surface area contributed by atoms with E-state index >= 15 is 0 Å². The normalized spacial score (nSPS) is 12.2. The molecule has 0 heterocycles. The van der Waals surface area contributed by atoms with Crippen LogP contribution in [-0.2, 0) is 0 Å². The van der Waals surface area contributed by atoms with E-state index < -0.39 is 0 Å². The fourth-order valence-corrected chi connectivity index (χ4v) is 2.28. The second kappa shape index (κ2) is 5.34. The molecule has 2 N–H and O–H groups in total. The monoisotopic (exact) mass is 291 g/mol. The Bertz CT molecular complexity index is 497. The number of ether oxygens (including phenoxy) is 1. The number of hydrogen-bond acceptors (Lipinski definition) is 2. The van der Waals surface area contributed by atoms with E-state index in [0.717, 1.165) is 21.5 Å². The molecule has 0 aromatic heterocycles. The van der Waals surface area contributed by atoms with Gasteiger partial charge >= 0.3 is 0 Å². The number of nitrogens with two attached hydrogens (primary N) is 1. The van der Waals surface area contributed by atoms with Crippen molar-refractivity contribution < 1.29 is 4.74 Å². The molecule has 1 atom stereocenters. The highest BCUT2D eigenvalue weighted by Gasteiger charge is 2.06. The predicted octanol–water partition coefficient (Wildman–Crippen LogP) is 4.26. The summed E-state index contributed by atoms with van der Waals surface area (Å²) >= 11 is 3.50. The van der Waals surface area contributed by atoms with Crippen LogP contribution >= 0.6 is 15.9 Å². The molecule has 3 heteroatoms. The highest BCUT2D eigenvalue weighted by Crippen LogP contribution is 2.29. The van der Waals surface area contributed by atoms with Gasteiger partial charge < -0.3 is 10.5 Å². The zero-order chi connectivity index (χ0) is 12.3. The molecule has 0 amide bonds. The lowest BCUT2D eigenvalue weighted by Gasteiger charge is -2.11. The van der Waals surface area contributed by atoms with Crippen molar-refractivity contribution in [3.8, 4) is 11.5 Å². The Morgan fingerprint density at radius 1 is 1.06 bits per heavy atom. The van der Waals surface area contributed by atoms with Gasteiger partial charge in [0.2, 0.25) is 0 Å². The Kier molecular flexibility index (Phi) is 3.82. The minimum absolute atomic E-state index is 0.00940. The molecular weight excluding hydrogens is 278 g/mol. The topological polar surface area (TPSA) is 35.2 Å². The van der Waals surface area contributed by atoms with Gasteiger partial charge in [-0.1, -0.05) is 40.2 Å². The lowest BCUT2D eigenvalue weighted by molar-refractivity contribution is 0.482. The van der Waals surface area contributed by atoms with Crippen molar-refractivity contribution in [2.24, 2.45) is 5.73 Å². The van der Waals surface area contributed by atoms with Gasteiger partial charge in [0.1, 0.15) is 11.5 Å². The van der Waals surface area contributed by atoms with Crippen molar-refractivity contribution in [1.82, 2.24) is 0 Å². The lowest BCUT2D eigenvalue weighted by Crippen LogP contribution is -2.05. The number of benzene rings is 2. The van der Waals surface area contributed by atoms with Crippen LogP contribution in [0.25, 0.3) is 0 Å². The smallest absolute Gasteiger partial charge is 0.128 e. The first-order chi connectivity index (χ1) is 8.16. The van der Waals surface area contributed by atoms with Crippen LogP contribution in [0.3, 0.4) is 0 Å². The van der Waals surface area contributed by atoms with Crippen molar-refractivity contribution in [3.63, 3.8) is 0 Å². The van der Waals surface area contributed by atoms with Gasteiger partial charge in [-0.3, -0.25) is 0 Å². The highest BCUT2D eigenvalue weighted by atomic mass is 79.9. The van der Waals surface area contributed by atoms with Crippen molar-refractivity contribution in [2.45, 2.75) is 13.0 Å². The molecule has 0 aliphatic carbocycles. The van der Waals surface area contributed by atoms with Crippen LogP contribution in [0.1, 0.15) is 18.5 Å². The van der Waals surface area contributed by atoms with Gasteiger partial charge in [0.15, 0.2) is 0 Å². The molecule has 0 saturated heterocycles. The van der Waals surface area contributed by atoms with Gasteiger partial charge in [-0.2, -0.15) is 0 Å². The molecule has 0 fully saturated rings. The third-order valence-electron chi connectivity index (χ3n) is 2.44. The Labute approximate surface area is 110 Å². The molecule has 0 radical (unpaired) electrons. The van der Waals surface area contributed by atoms with Gasteiger partial charge in [0.25, 0.3) is 0 Å². The predicted molar refractivity (Wildman–Crippen MR) is 73.3 cm³/mol.